The van der Waals surface area contributed by atoms with Crippen molar-refractivity contribution >= 4 is 34.4 Å². The van der Waals surface area contributed by atoms with E-state index in [1.54, 1.807) is 11.3 Å². The van der Waals surface area contributed by atoms with Gasteiger partial charge in [-0.05, 0) is 42.8 Å². The molecule has 0 bridgehead atoms. The van der Waals surface area contributed by atoms with Crippen LogP contribution in [0.1, 0.15) is 62.8 Å². The highest BCUT2D eigenvalue weighted by Crippen LogP contribution is 2.46. The predicted octanol–water partition coefficient (Wildman–Crippen LogP) is 5.84. The maximum absolute atomic E-state index is 13.4. The number of nitrogens with zero attached hydrogens (tertiary/aromatic N) is 1. The topological polar surface area (TPSA) is 49.4 Å². The molecule has 0 fully saturated rings. The second-order valence-corrected chi connectivity index (χ2v) is 8.43. The minimum atomic E-state index is -0.340. The average Bonchev–Trinajstić information content (AvgIpc) is 3.17. The van der Waals surface area contributed by atoms with Gasteiger partial charge >= 0.3 is 0 Å². The van der Waals surface area contributed by atoms with Gasteiger partial charge < -0.3 is 5.32 Å². The van der Waals surface area contributed by atoms with Gasteiger partial charge in [-0.15, -0.1) is 11.3 Å². The largest absolute Gasteiger partial charge is 0.357 e. The molecule has 28 heavy (non-hydrogen) atoms. The number of amides is 1. The zero-order valence-electron chi connectivity index (χ0n) is 16.2. The first-order chi connectivity index (χ1) is 13.7. The summed E-state index contributed by atoms with van der Waals surface area (Å²) in [5.41, 5.74) is 3.52. The molecule has 4 nitrogen and oxygen atoms in total. The Labute approximate surface area is 170 Å². The minimum absolute atomic E-state index is 0.0909. The van der Waals surface area contributed by atoms with Gasteiger partial charge in [-0.2, -0.15) is 0 Å². The molecule has 2 aromatic rings. The lowest BCUT2D eigenvalue weighted by molar-refractivity contribution is -0.119. The Balaban J connectivity index is 1.87. The van der Waals surface area contributed by atoms with Gasteiger partial charge in [-0.1, -0.05) is 38.0 Å². The molecule has 1 unspecified atom stereocenters. The Morgan fingerprint density at radius 1 is 1.18 bits per heavy atom. The van der Waals surface area contributed by atoms with Crippen molar-refractivity contribution in [3.8, 4) is 0 Å². The molecule has 1 atom stereocenters. The van der Waals surface area contributed by atoms with Crippen molar-refractivity contribution in [1.82, 2.24) is 0 Å². The summed E-state index contributed by atoms with van der Waals surface area (Å²) in [6.45, 7) is 2.14. The van der Waals surface area contributed by atoms with Crippen LogP contribution in [0.25, 0.3) is 0 Å². The van der Waals surface area contributed by atoms with Crippen molar-refractivity contribution in [2.75, 3.05) is 10.2 Å². The van der Waals surface area contributed by atoms with E-state index in [9.17, 15) is 9.59 Å². The van der Waals surface area contributed by atoms with Gasteiger partial charge in [0, 0.05) is 29.0 Å². The number of carbonyl (C=O) groups excluding carboxylic acids is 2. The molecule has 0 saturated carbocycles. The van der Waals surface area contributed by atoms with Crippen molar-refractivity contribution in [2.45, 2.75) is 57.9 Å². The van der Waals surface area contributed by atoms with Crippen LogP contribution in [0.15, 0.2) is 53.0 Å². The predicted molar refractivity (Wildman–Crippen MR) is 115 cm³/mol. The van der Waals surface area contributed by atoms with Crippen LogP contribution in [-0.4, -0.2) is 11.7 Å². The SMILES string of the molecule is CCCCCC(=O)N1c2ccccc2NC2=C(C(=O)CCC2)C1c1cccs1. The Kier molecular flexibility index (Phi) is 5.62. The van der Waals surface area contributed by atoms with Crippen LogP contribution in [0.4, 0.5) is 11.4 Å². The molecule has 1 aromatic heterocycles. The molecule has 2 aliphatic rings. The third-order valence-electron chi connectivity index (χ3n) is 5.51. The quantitative estimate of drug-likeness (QED) is 0.649. The van der Waals surface area contributed by atoms with Crippen molar-refractivity contribution in [1.29, 1.82) is 0 Å². The molecule has 1 aliphatic carbocycles. The number of hydrogen-bond acceptors (Lipinski definition) is 4. The third-order valence-corrected chi connectivity index (χ3v) is 6.44. The Bertz CT molecular complexity index is 901. The molecule has 0 spiro atoms. The summed E-state index contributed by atoms with van der Waals surface area (Å²) < 4.78 is 0. The van der Waals surface area contributed by atoms with Gasteiger partial charge in [0.1, 0.15) is 6.04 Å². The third kappa shape index (κ3) is 3.51. The number of ketones is 1. The van der Waals surface area contributed by atoms with Gasteiger partial charge in [0.25, 0.3) is 0 Å². The first kappa shape index (κ1) is 18.9. The van der Waals surface area contributed by atoms with E-state index in [4.69, 9.17) is 0 Å². The second kappa shape index (κ2) is 8.31. The van der Waals surface area contributed by atoms with E-state index >= 15 is 0 Å². The fourth-order valence-corrected chi connectivity index (χ4v) is 5.00. The number of Topliss-reactive ketones (excluding diaryl/α,β-unsaturated/α-hetero) is 1. The highest BCUT2D eigenvalue weighted by Gasteiger charge is 2.39. The van der Waals surface area contributed by atoms with Crippen LogP contribution in [0, 0.1) is 0 Å². The Morgan fingerprint density at radius 2 is 2.04 bits per heavy atom. The molecule has 0 radical (unpaired) electrons. The number of benzene rings is 1. The minimum Gasteiger partial charge on any atom is -0.357 e. The highest BCUT2D eigenvalue weighted by atomic mass is 32.1. The van der Waals surface area contributed by atoms with Crippen molar-refractivity contribution < 1.29 is 9.59 Å². The summed E-state index contributed by atoms with van der Waals surface area (Å²) in [4.78, 5) is 29.4. The zero-order chi connectivity index (χ0) is 19.5. The lowest BCUT2D eigenvalue weighted by atomic mass is 9.88. The number of rotatable bonds is 5. The number of allylic oxidation sites excluding steroid dienone is 1. The summed E-state index contributed by atoms with van der Waals surface area (Å²) in [6.07, 6.45) is 5.74. The number of thiophene rings is 1. The number of fused-ring (bicyclic) bond motifs is 1. The van der Waals surface area contributed by atoms with Gasteiger partial charge in [0.05, 0.1) is 11.4 Å². The van der Waals surface area contributed by atoms with Gasteiger partial charge in [0.15, 0.2) is 5.78 Å². The number of anilines is 2. The van der Waals surface area contributed by atoms with E-state index in [0.29, 0.717) is 12.8 Å². The molecule has 146 valence electrons. The highest BCUT2D eigenvalue weighted by molar-refractivity contribution is 7.10. The number of para-hydroxylation sites is 2. The normalized spacial score (nSPS) is 19.0. The molecular formula is C23H26N2O2S. The average molecular weight is 395 g/mol. The molecule has 1 aliphatic heterocycles. The number of carbonyl (C=O) groups is 2. The summed E-state index contributed by atoms with van der Waals surface area (Å²) in [5.74, 6) is 0.250. The number of nitrogens with one attached hydrogen (secondary N) is 1. The van der Waals surface area contributed by atoms with Gasteiger partial charge in [-0.25, -0.2) is 0 Å². The maximum Gasteiger partial charge on any atom is 0.227 e. The molecule has 0 saturated heterocycles. The monoisotopic (exact) mass is 394 g/mol. The molecule has 1 amide bonds. The lowest BCUT2D eigenvalue weighted by Gasteiger charge is -2.33. The zero-order valence-corrected chi connectivity index (χ0v) is 17.1. The van der Waals surface area contributed by atoms with Crippen molar-refractivity contribution in [2.24, 2.45) is 0 Å². The summed E-state index contributed by atoms with van der Waals surface area (Å²) in [5, 5.41) is 5.53. The molecule has 1 N–H and O–H groups in total. The molecule has 4 rings (SSSR count). The molecule has 2 heterocycles. The van der Waals surface area contributed by atoms with E-state index in [-0.39, 0.29) is 17.7 Å². The van der Waals surface area contributed by atoms with Crippen LogP contribution < -0.4 is 10.2 Å². The van der Waals surface area contributed by atoms with Crippen LogP contribution in [0.2, 0.25) is 0 Å². The Morgan fingerprint density at radius 3 is 2.82 bits per heavy atom. The molecule has 5 heteroatoms. The van der Waals surface area contributed by atoms with E-state index in [1.807, 2.05) is 46.7 Å². The first-order valence-electron chi connectivity index (χ1n) is 10.2. The summed E-state index contributed by atoms with van der Waals surface area (Å²) >= 11 is 1.61. The molecular weight excluding hydrogens is 368 g/mol. The van der Waals surface area contributed by atoms with E-state index in [1.165, 1.54) is 0 Å². The van der Waals surface area contributed by atoms with E-state index < -0.39 is 0 Å². The lowest BCUT2D eigenvalue weighted by Crippen LogP contribution is -2.37. The second-order valence-electron chi connectivity index (χ2n) is 7.45. The van der Waals surface area contributed by atoms with Crippen LogP contribution in [0.5, 0.6) is 0 Å². The van der Waals surface area contributed by atoms with Crippen LogP contribution in [-0.2, 0) is 9.59 Å². The summed E-state index contributed by atoms with van der Waals surface area (Å²) in [7, 11) is 0. The van der Waals surface area contributed by atoms with Gasteiger partial charge in [0.2, 0.25) is 5.91 Å². The number of hydrogen-bond donors (Lipinski definition) is 1. The maximum atomic E-state index is 13.4. The van der Waals surface area contributed by atoms with Gasteiger partial charge in [-0.3, -0.25) is 14.5 Å². The fraction of sp³-hybridized carbons (Fsp3) is 0.391. The summed E-state index contributed by atoms with van der Waals surface area (Å²) in [6, 6.07) is 11.6. The van der Waals surface area contributed by atoms with Crippen molar-refractivity contribution in [3.05, 3.63) is 57.9 Å². The van der Waals surface area contributed by atoms with E-state index in [0.717, 1.165) is 59.6 Å². The van der Waals surface area contributed by atoms with E-state index in [2.05, 4.69) is 12.2 Å². The first-order valence-corrected chi connectivity index (χ1v) is 11.1. The smallest absolute Gasteiger partial charge is 0.227 e. The number of unbranched alkanes of at least 4 members (excludes halogenated alkanes) is 2. The Hall–Kier alpha value is -2.40. The standard InChI is InChI=1S/C23H26N2O2S/c1-2-3-4-14-21(27)25-18-11-6-5-9-16(18)24-17-10-7-12-19(26)22(17)23(25)20-13-8-15-28-20/h5-6,8-9,11,13,15,23-24H,2-4,7,10,12,14H2,1H3. The van der Waals surface area contributed by atoms with Crippen molar-refractivity contribution in [3.63, 3.8) is 0 Å². The van der Waals surface area contributed by atoms with Crippen LogP contribution in [0.3, 0.4) is 0 Å². The fourth-order valence-electron chi connectivity index (χ4n) is 4.17. The van der Waals surface area contributed by atoms with Crippen LogP contribution >= 0.6 is 11.3 Å². The molecule has 1 aromatic carbocycles.